The van der Waals surface area contributed by atoms with E-state index >= 15 is 0 Å². The van der Waals surface area contributed by atoms with Crippen molar-refractivity contribution in [3.63, 3.8) is 0 Å². The highest BCUT2D eigenvalue weighted by Gasteiger charge is 2.16. The molecule has 1 aliphatic rings. The van der Waals surface area contributed by atoms with Gasteiger partial charge in [0.25, 0.3) is 0 Å². The van der Waals surface area contributed by atoms with Crippen molar-refractivity contribution in [3.8, 4) is 6.07 Å². The van der Waals surface area contributed by atoms with Gasteiger partial charge in [0, 0.05) is 18.0 Å². The molecule has 84 valence electrons. The first-order chi connectivity index (χ1) is 7.86. The molecule has 0 spiro atoms. The van der Waals surface area contributed by atoms with E-state index in [0.29, 0.717) is 0 Å². The molecule has 1 heterocycles. The minimum absolute atomic E-state index is 0.844. The van der Waals surface area contributed by atoms with Crippen LogP contribution in [0.4, 0.5) is 5.69 Å². The van der Waals surface area contributed by atoms with Crippen LogP contribution < -0.4 is 4.90 Å². The fourth-order valence-electron chi connectivity index (χ4n) is 2.20. The van der Waals surface area contributed by atoms with E-state index in [1.165, 1.54) is 19.3 Å². The van der Waals surface area contributed by atoms with E-state index < -0.39 is 0 Å². The fourth-order valence-corrected chi connectivity index (χ4v) is 2.77. The molecule has 1 saturated heterocycles. The molecule has 3 heteroatoms. The average molecular weight is 232 g/mol. The van der Waals surface area contributed by atoms with Crippen LogP contribution >= 0.6 is 11.8 Å². The van der Waals surface area contributed by atoms with Crippen LogP contribution in [0.5, 0.6) is 0 Å². The van der Waals surface area contributed by atoms with Gasteiger partial charge < -0.3 is 4.90 Å². The number of nitrogens with zero attached hydrogens (tertiary/aromatic N) is 2. The van der Waals surface area contributed by atoms with Crippen molar-refractivity contribution < 1.29 is 0 Å². The molecule has 0 atom stereocenters. The highest BCUT2D eigenvalue weighted by Crippen LogP contribution is 2.30. The van der Waals surface area contributed by atoms with Crippen molar-refractivity contribution >= 4 is 17.4 Å². The summed E-state index contributed by atoms with van der Waals surface area (Å²) < 4.78 is 0. The van der Waals surface area contributed by atoms with Gasteiger partial charge in [-0.15, -0.1) is 11.8 Å². The number of hydrogen-bond acceptors (Lipinski definition) is 3. The predicted octanol–water partition coefficient (Wildman–Crippen LogP) is 3.27. The lowest BCUT2D eigenvalue weighted by Crippen LogP contribution is -2.30. The Morgan fingerprint density at radius 2 is 2.00 bits per heavy atom. The smallest absolute Gasteiger partial charge is 0.103 e. The molecule has 0 N–H and O–H groups in total. The molecule has 0 unspecified atom stereocenters. The third-order valence-electron chi connectivity index (χ3n) is 3.03. The second kappa shape index (κ2) is 5.27. The second-order valence-electron chi connectivity index (χ2n) is 4.01. The summed E-state index contributed by atoms with van der Waals surface area (Å²) in [5.41, 5.74) is 1.96. The fraction of sp³-hybridized carbons (Fsp3) is 0.462. The molecule has 2 rings (SSSR count). The van der Waals surface area contributed by atoms with Gasteiger partial charge in [0.2, 0.25) is 0 Å². The van der Waals surface area contributed by atoms with Gasteiger partial charge in [0.1, 0.15) is 6.07 Å². The normalized spacial score (nSPS) is 15.9. The molecule has 1 fully saturated rings. The largest absolute Gasteiger partial charge is 0.370 e. The summed E-state index contributed by atoms with van der Waals surface area (Å²) in [5, 5.41) is 9.27. The van der Waals surface area contributed by atoms with Crippen molar-refractivity contribution in [1.29, 1.82) is 5.26 Å². The Labute approximate surface area is 101 Å². The highest BCUT2D eigenvalue weighted by atomic mass is 32.2. The SMILES string of the molecule is CSc1cccc(N2CCCCC2)c1C#N. The van der Waals surface area contributed by atoms with Crippen LogP contribution in [0.15, 0.2) is 23.1 Å². The van der Waals surface area contributed by atoms with Crippen molar-refractivity contribution in [1.82, 2.24) is 0 Å². The zero-order chi connectivity index (χ0) is 11.4. The average Bonchev–Trinajstić information content (AvgIpc) is 2.38. The van der Waals surface area contributed by atoms with Crippen molar-refractivity contribution in [2.45, 2.75) is 24.2 Å². The van der Waals surface area contributed by atoms with E-state index in [2.05, 4.69) is 23.1 Å². The van der Waals surface area contributed by atoms with Gasteiger partial charge in [-0.25, -0.2) is 0 Å². The Morgan fingerprint density at radius 1 is 1.25 bits per heavy atom. The standard InChI is InChI=1S/C13H16N2S/c1-16-13-7-5-6-12(11(13)10-14)15-8-3-2-4-9-15/h5-7H,2-4,8-9H2,1H3. The van der Waals surface area contributed by atoms with Crippen LogP contribution in [0.2, 0.25) is 0 Å². The zero-order valence-corrected chi connectivity index (χ0v) is 10.4. The number of rotatable bonds is 2. The number of nitriles is 1. The molecule has 1 aliphatic heterocycles. The summed E-state index contributed by atoms with van der Waals surface area (Å²) in [6.07, 6.45) is 5.83. The van der Waals surface area contributed by atoms with Crippen LogP contribution in [0.3, 0.4) is 0 Å². The van der Waals surface area contributed by atoms with Gasteiger partial charge >= 0.3 is 0 Å². The Kier molecular flexibility index (Phi) is 3.74. The number of hydrogen-bond donors (Lipinski definition) is 0. The molecular formula is C13H16N2S. The van der Waals surface area contributed by atoms with E-state index in [-0.39, 0.29) is 0 Å². The Morgan fingerprint density at radius 3 is 2.62 bits per heavy atom. The van der Waals surface area contributed by atoms with E-state index in [1.807, 2.05) is 12.3 Å². The predicted molar refractivity (Wildman–Crippen MR) is 69.0 cm³/mol. The number of benzene rings is 1. The van der Waals surface area contributed by atoms with Crippen LogP contribution in [0.25, 0.3) is 0 Å². The molecule has 2 nitrogen and oxygen atoms in total. The van der Waals surface area contributed by atoms with Crippen molar-refractivity contribution in [2.24, 2.45) is 0 Å². The first kappa shape index (κ1) is 11.3. The Balaban J connectivity index is 2.35. The zero-order valence-electron chi connectivity index (χ0n) is 9.57. The topological polar surface area (TPSA) is 27.0 Å². The molecule has 1 aromatic carbocycles. The van der Waals surface area contributed by atoms with Gasteiger partial charge in [-0.1, -0.05) is 6.07 Å². The van der Waals surface area contributed by atoms with Crippen LogP contribution in [-0.4, -0.2) is 19.3 Å². The lowest BCUT2D eigenvalue weighted by molar-refractivity contribution is 0.577. The molecule has 16 heavy (non-hydrogen) atoms. The summed E-state index contributed by atoms with van der Waals surface area (Å²) in [6, 6.07) is 8.50. The quantitative estimate of drug-likeness (QED) is 0.732. The van der Waals surface area contributed by atoms with E-state index in [9.17, 15) is 5.26 Å². The molecule has 0 amide bonds. The summed E-state index contributed by atoms with van der Waals surface area (Å²) >= 11 is 1.65. The second-order valence-corrected chi connectivity index (χ2v) is 4.86. The Bertz CT molecular complexity index is 403. The summed E-state index contributed by atoms with van der Waals surface area (Å²) in [5.74, 6) is 0. The van der Waals surface area contributed by atoms with Crippen LogP contribution in [-0.2, 0) is 0 Å². The van der Waals surface area contributed by atoms with Gasteiger partial charge in [0.15, 0.2) is 0 Å². The van der Waals surface area contributed by atoms with Crippen LogP contribution in [0, 0.1) is 11.3 Å². The van der Waals surface area contributed by atoms with Crippen LogP contribution in [0.1, 0.15) is 24.8 Å². The van der Waals surface area contributed by atoms with E-state index in [1.54, 1.807) is 11.8 Å². The lowest BCUT2D eigenvalue weighted by Gasteiger charge is -2.29. The van der Waals surface area contributed by atoms with Crippen molar-refractivity contribution in [2.75, 3.05) is 24.2 Å². The molecule has 0 bridgehead atoms. The molecule has 1 aromatic rings. The van der Waals surface area contributed by atoms with Gasteiger partial charge in [0.05, 0.1) is 11.3 Å². The molecule has 0 aliphatic carbocycles. The monoisotopic (exact) mass is 232 g/mol. The first-order valence-electron chi connectivity index (χ1n) is 5.69. The molecular weight excluding hydrogens is 216 g/mol. The molecule has 0 aromatic heterocycles. The first-order valence-corrected chi connectivity index (χ1v) is 6.91. The minimum Gasteiger partial charge on any atom is -0.370 e. The van der Waals surface area contributed by atoms with E-state index in [0.717, 1.165) is 29.2 Å². The maximum Gasteiger partial charge on any atom is 0.103 e. The number of anilines is 1. The maximum atomic E-state index is 9.27. The maximum absolute atomic E-state index is 9.27. The third-order valence-corrected chi connectivity index (χ3v) is 3.81. The summed E-state index contributed by atoms with van der Waals surface area (Å²) in [7, 11) is 0. The number of thioether (sulfide) groups is 1. The van der Waals surface area contributed by atoms with Gasteiger partial charge in [-0.3, -0.25) is 0 Å². The van der Waals surface area contributed by atoms with Crippen molar-refractivity contribution in [3.05, 3.63) is 23.8 Å². The minimum atomic E-state index is 0.844. The number of piperidine rings is 1. The summed E-state index contributed by atoms with van der Waals surface area (Å²) in [6.45, 7) is 2.18. The van der Waals surface area contributed by atoms with Gasteiger partial charge in [-0.2, -0.15) is 5.26 Å². The lowest BCUT2D eigenvalue weighted by atomic mass is 10.1. The molecule has 0 saturated carbocycles. The third kappa shape index (κ3) is 2.17. The highest BCUT2D eigenvalue weighted by molar-refractivity contribution is 7.98. The summed E-state index contributed by atoms with van der Waals surface area (Å²) in [4.78, 5) is 3.44. The Hall–Kier alpha value is -1.14. The molecule has 0 radical (unpaired) electrons. The van der Waals surface area contributed by atoms with Gasteiger partial charge in [-0.05, 0) is 37.7 Å². The van der Waals surface area contributed by atoms with E-state index in [4.69, 9.17) is 0 Å².